The SMILES string of the molecule is CCOC(=O)C1=NN(c2ccccc2)C(=O)C1c1ccccc1. The Morgan fingerprint density at radius 1 is 1.09 bits per heavy atom. The summed E-state index contributed by atoms with van der Waals surface area (Å²) in [5.74, 6) is -1.56. The third-order valence-corrected chi connectivity index (χ3v) is 3.56. The highest BCUT2D eigenvalue weighted by atomic mass is 16.5. The number of amides is 1. The van der Waals surface area contributed by atoms with E-state index in [1.807, 2.05) is 48.5 Å². The normalized spacial score (nSPS) is 17.1. The molecule has 1 aliphatic heterocycles. The number of carbonyl (C=O) groups is 2. The van der Waals surface area contributed by atoms with Crippen LogP contribution >= 0.6 is 0 Å². The maximum Gasteiger partial charge on any atom is 0.355 e. The van der Waals surface area contributed by atoms with Crippen molar-refractivity contribution in [2.24, 2.45) is 5.10 Å². The summed E-state index contributed by atoms with van der Waals surface area (Å²) < 4.78 is 5.06. The molecule has 3 rings (SSSR count). The number of hydrazone groups is 1. The smallest absolute Gasteiger partial charge is 0.355 e. The lowest BCUT2D eigenvalue weighted by molar-refractivity contribution is -0.135. The van der Waals surface area contributed by atoms with Crippen LogP contribution in [0.1, 0.15) is 18.4 Å². The fourth-order valence-electron chi connectivity index (χ4n) is 2.52. The molecule has 2 aromatic rings. The minimum atomic E-state index is -0.740. The first-order valence-corrected chi connectivity index (χ1v) is 7.42. The highest BCUT2D eigenvalue weighted by Gasteiger charge is 2.41. The van der Waals surface area contributed by atoms with E-state index in [0.29, 0.717) is 5.69 Å². The number of para-hydroxylation sites is 1. The van der Waals surface area contributed by atoms with E-state index in [-0.39, 0.29) is 18.2 Å². The number of carbonyl (C=O) groups excluding carboxylic acids is 2. The van der Waals surface area contributed by atoms with Crippen LogP contribution in [0.2, 0.25) is 0 Å². The van der Waals surface area contributed by atoms with Crippen molar-refractivity contribution in [2.75, 3.05) is 11.6 Å². The van der Waals surface area contributed by atoms with E-state index in [1.165, 1.54) is 5.01 Å². The van der Waals surface area contributed by atoms with E-state index in [4.69, 9.17) is 4.74 Å². The maximum absolute atomic E-state index is 12.8. The molecule has 0 aromatic heterocycles. The van der Waals surface area contributed by atoms with Crippen LogP contribution < -0.4 is 5.01 Å². The summed E-state index contributed by atoms with van der Waals surface area (Å²) in [6.07, 6.45) is 0. The molecule has 1 amide bonds. The van der Waals surface area contributed by atoms with E-state index < -0.39 is 11.9 Å². The van der Waals surface area contributed by atoms with Gasteiger partial charge in [-0.15, -0.1) is 0 Å². The second-order valence-corrected chi connectivity index (χ2v) is 5.03. The molecule has 5 nitrogen and oxygen atoms in total. The first kappa shape index (κ1) is 15.0. The van der Waals surface area contributed by atoms with Gasteiger partial charge in [-0.05, 0) is 24.6 Å². The molecule has 0 spiro atoms. The molecule has 0 N–H and O–H groups in total. The van der Waals surface area contributed by atoms with Gasteiger partial charge in [0, 0.05) is 0 Å². The third kappa shape index (κ3) is 2.85. The monoisotopic (exact) mass is 308 g/mol. The van der Waals surface area contributed by atoms with Gasteiger partial charge >= 0.3 is 5.97 Å². The quantitative estimate of drug-likeness (QED) is 0.816. The lowest BCUT2D eigenvalue weighted by Crippen LogP contribution is -2.28. The van der Waals surface area contributed by atoms with E-state index in [1.54, 1.807) is 19.1 Å². The van der Waals surface area contributed by atoms with Crippen LogP contribution in [0.25, 0.3) is 0 Å². The summed E-state index contributed by atoms with van der Waals surface area (Å²) in [5, 5.41) is 5.51. The predicted octanol–water partition coefficient (Wildman–Crippen LogP) is 2.74. The Kier molecular flexibility index (Phi) is 4.19. The second-order valence-electron chi connectivity index (χ2n) is 5.03. The summed E-state index contributed by atoms with van der Waals surface area (Å²) in [6, 6.07) is 18.2. The van der Waals surface area contributed by atoms with Crippen molar-refractivity contribution in [3.05, 3.63) is 66.2 Å². The van der Waals surface area contributed by atoms with E-state index in [9.17, 15) is 9.59 Å². The molecule has 1 heterocycles. The van der Waals surface area contributed by atoms with E-state index >= 15 is 0 Å². The number of anilines is 1. The van der Waals surface area contributed by atoms with Crippen molar-refractivity contribution < 1.29 is 14.3 Å². The average molecular weight is 308 g/mol. The highest BCUT2D eigenvalue weighted by molar-refractivity contribution is 6.46. The van der Waals surface area contributed by atoms with Crippen molar-refractivity contribution in [1.82, 2.24) is 0 Å². The fraction of sp³-hybridized carbons (Fsp3) is 0.167. The van der Waals surface area contributed by atoms with Gasteiger partial charge in [0.15, 0.2) is 5.71 Å². The Morgan fingerprint density at radius 2 is 1.70 bits per heavy atom. The number of hydrogen-bond acceptors (Lipinski definition) is 4. The first-order valence-electron chi connectivity index (χ1n) is 7.42. The summed E-state index contributed by atoms with van der Waals surface area (Å²) >= 11 is 0. The number of esters is 1. The average Bonchev–Trinajstić information content (AvgIpc) is 2.94. The van der Waals surface area contributed by atoms with Crippen LogP contribution in [0.5, 0.6) is 0 Å². The van der Waals surface area contributed by atoms with Gasteiger partial charge in [-0.2, -0.15) is 10.1 Å². The van der Waals surface area contributed by atoms with Crippen molar-refractivity contribution in [3.8, 4) is 0 Å². The molecule has 23 heavy (non-hydrogen) atoms. The molecule has 5 heteroatoms. The first-order chi connectivity index (χ1) is 11.2. The molecule has 0 saturated carbocycles. The van der Waals surface area contributed by atoms with Gasteiger partial charge in [-0.1, -0.05) is 48.5 Å². The molecule has 2 aromatic carbocycles. The molecule has 0 fully saturated rings. The van der Waals surface area contributed by atoms with E-state index in [2.05, 4.69) is 5.10 Å². The number of ether oxygens (including phenoxy) is 1. The molecule has 0 aliphatic carbocycles. The Labute approximate surface area is 134 Å². The molecule has 1 unspecified atom stereocenters. The maximum atomic E-state index is 12.8. The molecular weight excluding hydrogens is 292 g/mol. The molecule has 0 bridgehead atoms. The predicted molar refractivity (Wildman–Crippen MR) is 87.2 cm³/mol. The van der Waals surface area contributed by atoms with Gasteiger partial charge in [0.1, 0.15) is 5.92 Å². The number of rotatable bonds is 4. The van der Waals surface area contributed by atoms with Crippen LogP contribution in [0.15, 0.2) is 65.8 Å². The Morgan fingerprint density at radius 3 is 2.30 bits per heavy atom. The molecule has 1 atom stereocenters. The summed E-state index contributed by atoms with van der Waals surface area (Å²) in [5.41, 5.74) is 1.47. The molecule has 0 saturated heterocycles. The summed E-state index contributed by atoms with van der Waals surface area (Å²) in [6.45, 7) is 1.96. The Hall–Kier alpha value is -2.95. The minimum Gasteiger partial charge on any atom is -0.461 e. The number of nitrogens with zero attached hydrogens (tertiary/aromatic N) is 2. The van der Waals surface area contributed by atoms with Crippen molar-refractivity contribution in [1.29, 1.82) is 0 Å². The molecule has 0 radical (unpaired) electrons. The lowest BCUT2D eigenvalue weighted by atomic mass is 9.94. The zero-order valence-corrected chi connectivity index (χ0v) is 12.7. The van der Waals surface area contributed by atoms with Crippen LogP contribution in [-0.4, -0.2) is 24.2 Å². The lowest BCUT2D eigenvalue weighted by Gasteiger charge is -2.14. The van der Waals surface area contributed by atoms with Crippen LogP contribution in [0.3, 0.4) is 0 Å². The third-order valence-electron chi connectivity index (χ3n) is 3.56. The van der Waals surface area contributed by atoms with Crippen LogP contribution in [0, 0.1) is 0 Å². The zero-order chi connectivity index (χ0) is 16.2. The van der Waals surface area contributed by atoms with Gasteiger partial charge in [0.25, 0.3) is 5.91 Å². The topological polar surface area (TPSA) is 59.0 Å². The summed E-state index contributed by atoms with van der Waals surface area (Å²) in [4.78, 5) is 25.0. The molecular formula is C18H16N2O3. The van der Waals surface area contributed by atoms with Gasteiger partial charge in [-0.25, -0.2) is 4.79 Å². The van der Waals surface area contributed by atoms with Gasteiger partial charge in [0.05, 0.1) is 12.3 Å². The minimum absolute atomic E-state index is 0.118. The van der Waals surface area contributed by atoms with Gasteiger partial charge in [-0.3, -0.25) is 4.79 Å². The van der Waals surface area contributed by atoms with Crippen molar-refractivity contribution in [3.63, 3.8) is 0 Å². The fourth-order valence-corrected chi connectivity index (χ4v) is 2.52. The number of benzene rings is 2. The second kappa shape index (κ2) is 6.44. The van der Waals surface area contributed by atoms with Gasteiger partial charge in [0.2, 0.25) is 0 Å². The Bertz CT molecular complexity index is 741. The standard InChI is InChI=1S/C18H16N2O3/c1-2-23-18(22)16-15(13-9-5-3-6-10-13)17(21)20(19-16)14-11-7-4-8-12-14/h3-12,15H,2H2,1H3. The molecule has 1 aliphatic rings. The summed E-state index contributed by atoms with van der Waals surface area (Å²) in [7, 11) is 0. The molecule has 116 valence electrons. The van der Waals surface area contributed by atoms with E-state index in [0.717, 1.165) is 5.56 Å². The number of hydrogen-bond donors (Lipinski definition) is 0. The highest BCUT2D eigenvalue weighted by Crippen LogP contribution is 2.30. The van der Waals surface area contributed by atoms with Crippen molar-refractivity contribution in [2.45, 2.75) is 12.8 Å². The van der Waals surface area contributed by atoms with Crippen LogP contribution in [0.4, 0.5) is 5.69 Å². The Balaban J connectivity index is 2.03. The van der Waals surface area contributed by atoms with Crippen LogP contribution in [-0.2, 0) is 14.3 Å². The van der Waals surface area contributed by atoms with Gasteiger partial charge < -0.3 is 4.74 Å². The largest absolute Gasteiger partial charge is 0.461 e. The van der Waals surface area contributed by atoms with Crippen molar-refractivity contribution >= 4 is 23.3 Å². The zero-order valence-electron chi connectivity index (χ0n) is 12.7.